The predicted molar refractivity (Wildman–Crippen MR) is 124 cm³/mol. The van der Waals surface area contributed by atoms with Gasteiger partial charge in [0.05, 0.1) is 25.0 Å². The number of carbonyl (C=O) groups excluding carboxylic acids is 3. The van der Waals surface area contributed by atoms with Gasteiger partial charge in [0.15, 0.2) is 0 Å². The van der Waals surface area contributed by atoms with E-state index in [1.54, 1.807) is 12.2 Å². The summed E-state index contributed by atoms with van der Waals surface area (Å²) in [4.78, 5) is 37.3. The number of aliphatic hydroxyl groups is 2. The summed E-state index contributed by atoms with van der Waals surface area (Å²) in [5.41, 5.74) is 0. The van der Waals surface area contributed by atoms with E-state index in [9.17, 15) is 24.6 Å². The van der Waals surface area contributed by atoms with Gasteiger partial charge >= 0.3 is 5.97 Å². The highest BCUT2D eigenvalue weighted by Crippen LogP contribution is 2.14. The standard InChI is InChI=1S/C20H35N3O6S2/c1-11(2)18-15(24)9-17(26)29-13(6-4-5-7-30)8-16(25)21-12(3)19(27)22-14(10-31)20(28)23-18/h4,6,11-15,18,20,23-24,28,30-31H,5,7-10H2,1-3H3,(H,21,25)(H,22,27)/b6-4+/t12-,13-,14-,15+,18-,20?/m1/s1. The van der Waals surface area contributed by atoms with Crippen LogP contribution in [-0.2, 0) is 19.1 Å². The second-order valence-corrected chi connectivity index (χ2v) is 8.72. The molecule has 0 saturated carbocycles. The fraction of sp³-hybridized carbons (Fsp3) is 0.750. The van der Waals surface area contributed by atoms with Gasteiger partial charge < -0.3 is 25.6 Å². The fourth-order valence-electron chi connectivity index (χ4n) is 3.13. The molecule has 1 fully saturated rings. The summed E-state index contributed by atoms with van der Waals surface area (Å²) in [5, 5.41) is 29.2. The van der Waals surface area contributed by atoms with Crippen molar-refractivity contribution in [2.24, 2.45) is 5.92 Å². The molecule has 0 radical (unpaired) electrons. The normalized spacial score (nSPS) is 32.2. The van der Waals surface area contributed by atoms with E-state index in [4.69, 9.17) is 4.74 Å². The van der Waals surface area contributed by atoms with E-state index in [0.29, 0.717) is 12.2 Å². The molecule has 0 aromatic rings. The number of thiol groups is 2. The van der Waals surface area contributed by atoms with Crippen LogP contribution in [0.1, 0.15) is 40.0 Å². The third kappa shape index (κ3) is 9.82. The monoisotopic (exact) mass is 477 g/mol. The summed E-state index contributed by atoms with van der Waals surface area (Å²) < 4.78 is 5.40. The molecule has 0 aromatic carbocycles. The van der Waals surface area contributed by atoms with E-state index in [1.165, 1.54) is 6.92 Å². The third-order valence-corrected chi connectivity index (χ3v) is 5.52. The van der Waals surface area contributed by atoms with Gasteiger partial charge in [0.25, 0.3) is 0 Å². The molecule has 2 amide bonds. The molecule has 0 aliphatic carbocycles. The topological polar surface area (TPSA) is 137 Å². The first-order valence-corrected chi connectivity index (χ1v) is 11.6. The lowest BCUT2D eigenvalue weighted by Crippen LogP contribution is -2.59. The number of hydrogen-bond donors (Lipinski definition) is 7. The minimum absolute atomic E-state index is 0.113. The van der Waals surface area contributed by atoms with Crippen LogP contribution in [0.4, 0.5) is 0 Å². The van der Waals surface area contributed by atoms with E-state index < -0.39 is 54.3 Å². The van der Waals surface area contributed by atoms with Gasteiger partial charge in [-0.15, -0.1) is 0 Å². The van der Waals surface area contributed by atoms with Crippen LogP contribution in [0.5, 0.6) is 0 Å². The molecule has 5 N–H and O–H groups in total. The van der Waals surface area contributed by atoms with E-state index in [1.807, 2.05) is 13.8 Å². The van der Waals surface area contributed by atoms with Gasteiger partial charge in [-0.25, -0.2) is 0 Å². The average molecular weight is 478 g/mol. The molecule has 178 valence electrons. The van der Waals surface area contributed by atoms with Crippen LogP contribution in [-0.4, -0.2) is 76.1 Å². The highest BCUT2D eigenvalue weighted by Gasteiger charge is 2.32. The fourth-order valence-corrected chi connectivity index (χ4v) is 3.57. The van der Waals surface area contributed by atoms with Crippen molar-refractivity contribution >= 4 is 43.0 Å². The summed E-state index contributed by atoms with van der Waals surface area (Å²) >= 11 is 8.30. The second-order valence-electron chi connectivity index (χ2n) is 7.91. The van der Waals surface area contributed by atoms with Crippen LogP contribution in [0.3, 0.4) is 0 Å². The summed E-state index contributed by atoms with van der Waals surface area (Å²) in [6.45, 7) is 5.17. The van der Waals surface area contributed by atoms with Crippen molar-refractivity contribution in [2.45, 2.75) is 76.6 Å². The maximum atomic E-state index is 12.5. The van der Waals surface area contributed by atoms with Crippen LogP contribution >= 0.6 is 25.3 Å². The Balaban J connectivity index is 3.15. The number of ether oxygens (including phenoxy) is 1. The van der Waals surface area contributed by atoms with Crippen LogP contribution in [0, 0.1) is 5.92 Å². The zero-order valence-electron chi connectivity index (χ0n) is 18.2. The Bertz CT molecular complexity index is 634. The van der Waals surface area contributed by atoms with Gasteiger partial charge in [-0.1, -0.05) is 19.9 Å². The minimum Gasteiger partial charge on any atom is -0.457 e. The van der Waals surface area contributed by atoms with Gasteiger partial charge in [-0.3, -0.25) is 19.7 Å². The Kier molecular flexibility index (Phi) is 12.5. The van der Waals surface area contributed by atoms with Crippen LogP contribution in [0.2, 0.25) is 0 Å². The lowest BCUT2D eigenvalue weighted by molar-refractivity contribution is -0.151. The van der Waals surface area contributed by atoms with E-state index in [2.05, 4.69) is 41.2 Å². The van der Waals surface area contributed by atoms with Crippen molar-refractivity contribution in [3.05, 3.63) is 12.2 Å². The van der Waals surface area contributed by atoms with Crippen molar-refractivity contribution in [1.82, 2.24) is 16.0 Å². The summed E-state index contributed by atoms with van der Waals surface area (Å²) in [7, 11) is 0. The first-order valence-electron chi connectivity index (χ1n) is 10.4. The molecule has 0 bridgehead atoms. The van der Waals surface area contributed by atoms with Gasteiger partial charge in [0.2, 0.25) is 11.8 Å². The third-order valence-electron chi connectivity index (χ3n) is 4.86. The predicted octanol–water partition coefficient (Wildman–Crippen LogP) is -0.219. The summed E-state index contributed by atoms with van der Waals surface area (Å²) in [6.07, 6.45) is 0.252. The van der Waals surface area contributed by atoms with Crippen LogP contribution < -0.4 is 16.0 Å². The first kappa shape index (κ1) is 27.8. The van der Waals surface area contributed by atoms with Crippen molar-refractivity contribution in [2.75, 3.05) is 11.5 Å². The molecule has 1 aliphatic heterocycles. The quantitative estimate of drug-likeness (QED) is 0.165. The Morgan fingerprint density at radius 2 is 1.84 bits per heavy atom. The molecule has 0 aromatic heterocycles. The van der Waals surface area contributed by atoms with Gasteiger partial charge in [0.1, 0.15) is 18.4 Å². The molecular weight excluding hydrogens is 442 g/mol. The molecule has 9 nitrogen and oxygen atoms in total. The average Bonchev–Trinajstić information content (AvgIpc) is 2.68. The lowest BCUT2D eigenvalue weighted by Gasteiger charge is -2.33. The molecule has 31 heavy (non-hydrogen) atoms. The number of carbonyl (C=O) groups is 3. The number of aliphatic hydroxyl groups excluding tert-OH is 2. The van der Waals surface area contributed by atoms with Crippen LogP contribution in [0.15, 0.2) is 12.2 Å². The molecule has 1 heterocycles. The SMILES string of the molecule is CC(C)[C@H]1NC(O)[C@@H](CS)NC(=O)[C@@H](C)NC(=O)C[C@@H](/C=C/CCS)OC(=O)C[C@@H]1O. The number of nitrogens with one attached hydrogen (secondary N) is 3. The minimum atomic E-state index is -1.23. The smallest absolute Gasteiger partial charge is 0.309 e. The molecule has 0 spiro atoms. The maximum Gasteiger partial charge on any atom is 0.309 e. The van der Waals surface area contributed by atoms with E-state index in [0.717, 1.165) is 0 Å². The van der Waals surface area contributed by atoms with E-state index in [-0.39, 0.29) is 24.5 Å². The number of allylic oxidation sites excluding steroid dienone is 1. The molecule has 1 aliphatic rings. The largest absolute Gasteiger partial charge is 0.457 e. The van der Waals surface area contributed by atoms with Gasteiger partial charge in [0, 0.05) is 11.8 Å². The number of esters is 1. The van der Waals surface area contributed by atoms with E-state index >= 15 is 0 Å². The van der Waals surface area contributed by atoms with Crippen molar-refractivity contribution in [3.8, 4) is 0 Å². The second kappa shape index (κ2) is 14.0. The van der Waals surface area contributed by atoms with Crippen molar-refractivity contribution in [1.29, 1.82) is 0 Å². The molecule has 1 saturated heterocycles. The lowest BCUT2D eigenvalue weighted by atomic mass is 9.95. The Labute approximate surface area is 194 Å². The molecule has 11 heteroatoms. The number of hydrogen-bond acceptors (Lipinski definition) is 9. The molecule has 1 rings (SSSR count). The Hall–Kier alpha value is -1.27. The summed E-state index contributed by atoms with van der Waals surface area (Å²) in [5.74, 6) is -1.09. The molecular formula is C20H35N3O6S2. The Morgan fingerprint density at radius 1 is 1.16 bits per heavy atom. The Morgan fingerprint density at radius 3 is 2.42 bits per heavy atom. The summed E-state index contributed by atoms with van der Waals surface area (Å²) in [6, 6.07) is -2.31. The maximum absolute atomic E-state index is 12.5. The molecule has 6 atom stereocenters. The zero-order chi connectivity index (χ0) is 23.6. The van der Waals surface area contributed by atoms with Crippen molar-refractivity contribution < 1.29 is 29.3 Å². The van der Waals surface area contributed by atoms with Crippen LogP contribution in [0.25, 0.3) is 0 Å². The highest BCUT2D eigenvalue weighted by molar-refractivity contribution is 7.80. The van der Waals surface area contributed by atoms with Gasteiger partial charge in [-0.05, 0) is 31.1 Å². The number of rotatable bonds is 5. The highest BCUT2D eigenvalue weighted by atomic mass is 32.1. The van der Waals surface area contributed by atoms with Gasteiger partial charge in [-0.2, -0.15) is 25.3 Å². The molecule has 1 unspecified atom stereocenters. The van der Waals surface area contributed by atoms with Crippen molar-refractivity contribution in [3.63, 3.8) is 0 Å². The number of cyclic esters (lactones) is 1. The number of amides is 2. The zero-order valence-corrected chi connectivity index (χ0v) is 19.9. The first-order chi connectivity index (χ1) is 14.6.